The molecule has 0 atom stereocenters. The maximum atomic E-state index is 11.8. The smallest absolute Gasteiger partial charge is 0.319 e. The fourth-order valence-corrected chi connectivity index (χ4v) is 1.43. The third-order valence-corrected chi connectivity index (χ3v) is 2.19. The van der Waals surface area contributed by atoms with Crippen LogP contribution in [0.4, 0.5) is 10.6 Å². The van der Waals surface area contributed by atoms with Gasteiger partial charge in [0.1, 0.15) is 12.8 Å². The summed E-state index contributed by atoms with van der Waals surface area (Å²) in [4.78, 5) is 26.5. The highest BCUT2D eigenvalue weighted by Crippen LogP contribution is 2.02. The first-order valence-corrected chi connectivity index (χ1v) is 5.71. The molecule has 0 radical (unpaired) electrons. The second kappa shape index (κ2) is 6.63. The van der Waals surface area contributed by atoms with Gasteiger partial charge in [-0.25, -0.2) is 4.79 Å². The lowest BCUT2D eigenvalue weighted by Gasteiger charge is -2.24. The number of carbonyl (C=O) groups excluding carboxylic acids is 2. The second-order valence-corrected chi connectivity index (χ2v) is 4.03. The zero-order valence-corrected chi connectivity index (χ0v) is 10.8. The van der Waals surface area contributed by atoms with E-state index in [1.54, 1.807) is 14.1 Å². The number of nitrogens with one attached hydrogen (secondary N) is 1. The van der Waals surface area contributed by atoms with Crippen molar-refractivity contribution in [3.8, 4) is 0 Å². The number of hydrogen-bond acceptors (Lipinski definition) is 4. The van der Waals surface area contributed by atoms with Gasteiger partial charge in [-0.2, -0.15) is 0 Å². The van der Waals surface area contributed by atoms with Crippen LogP contribution in [0.3, 0.4) is 0 Å². The molecule has 1 rings (SSSR count). The number of hydrogen-bond donors (Lipinski definition) is 1. The summed E-state index contributed by atoms with van der Waals surface area (Å²) < 4.78 is 4.60. The molecule has 1 N–H and O–H groups in total. The average molecular weight is 254 g/mol. The standard InChI is InChI=1S/C11H18N4O3/c1-4-6-15(11(17)14(2)3)8-10(16)12-9-5-7-18-13-9/h5,7H,4,6,8H2,1-3H3,(H,12,13,16). The minimum atomic E-state index is -0.299. The minimum absolute atomic E-state index is 0.00227. The third kappa shape index (κ3) is 4.08. The average Bonchev–Trinajstić information content (AvgIpc) is 2.80. The summed E-state index contributed by atoms with van der Waals surface area (Å²) in [6, 6.07) is 1.35. The van der Waals surface area contributed by atoms with E-state index in [-0.39, 0.29) is 18.5 Å². The topological polar surface area (TPSA) is 78.7 Å². The zero-order chi connectivity index (χ0) is 13.5. The van der Waals surface area contributed by atoms with Crippen LogP contribution >= 0.6 is 0 Å². The normalized spacial score (nSPS) is 9.94. The first-order chi connectivity index (χ1) is 8.54. The Kier molecular flexibility index (Phi) is 5.16. The molecule has 0 aliphatic rings. The van der Waals surface area contributed by atoms with Crippen molar-refractivity contribution in [3.05, 3.63) is 12.3 Å². The number of nitrogens with zero attached hydrogens (tertiary/aromatic N) is 3. The molecule has 0 spiro atoms. The summed E-state index contributed by atoms with van der Waals surface area (Å²) in [6.07, 6.45) is 2.15. The van der Waals surface area contributed by atoms with E-state index in [1.807, 2.05) is 6.92 Å². The van der Waals surface area contributed by atoms with Gasteiger partial charge < -0.3 is 19.6 Å². The molecule has 1 aromatic heterocycles. The van der Waals surface area contributed by atoms with Crippen LogP contribution in [0.2, 0.25) is 0 Å². The van der Waals surface area contributed by atoms with Crippen LogP contribution in [0.5, 0.6) is 0 Å². The predicted octanol–water partition coefficient (Wildman–Crippen LogP) is 1.01. The van der Waals surface area contributed by atoms with Crippen molar-refractivity contribution in [2.45, 2.75) is 13.3 Å². The molecule has 1 heterocycles. The van der Waals surface area contributed by atoms with E-state index in [0.29, 0.717) is 12.4 Å². The lowest BCUT2D eigenvalue weighted by atomic mass is 10.4. The molecular formula is C11H18N4O3. The molecule has 7 nitrogen and oxygen atoms in total. The molecule has 0 saturated heterocycles. The maximum absolute atomic E-state index is 11.8. The van der Waals surface area contributed by atoms with E-state index >= 15 is 0 Å². The summed E-state index contributed by atoms with van der Waals surface area (Å²) in [5, 5.41) is 6.12. The van der Waals surface area contributed by atoms with E-state index in [0.717, 1.165) is 6.42 Å². The number of anilines is 1. The van der Waals surface area contributed by atoms with E-state index in [4.69, 9.17) is 0 Å². The van der Waals surface area contributed by atoms with Crippen molar-refractivity contribution in [1.82, 2.24) is 15.0 Å². The highest BCUT2D eigenvalue weighted by molar-refractivity contribution is 5.93. The largest absolute Gasteiger partial charge is 0.363 e. The monoisotopic (exact) mass is 254 g/mol. The molecule has 0 bridgehead atoms. The Morgan fingerprint density at radius 3 is 2.67 bits per heavy atom. The molecule has 3 amide bonds. The molecule has 1 aromatic rings. The van der Waals surface area contributed by atoms with E-state index < -0.39 is 0 Å². The molecule has 0 aliphatic heterocycles. The van der Waals surface area contributed by atoms with Gasteiger partial charge in [-0.05, 0) is 6.42 Å². The summed E-state index contributed by atoms with van der Waals surface area (Å²) in [7, 11) is 3.31. The third-order valence-electron chi connectivity index (χ3n) is 2.19. The zero-order valence-electron chi connectivity index (χ0n) is 10.8. The molecule has 100 valence electrons. The fraction of sp³-hybridized carbons (Fsp3) is 0.545. The van der Waals surface area contributed by atoms with Gasteiger partial charge in [0.15, 0.2) is 5.82 Å². The Labute approximate surface area is 106 Å². The van der Waals surface area contributed by atoms with Crippen molar-refractivity contribution < 1.29 is 14.1 Å². The number of amides is 3. The predicted molar refractivity (Wildman–Crippen MR) is 66.1 cm³/mol. The van der Waals surface area contributed by atoms with Gasteiger partial charge in [0.05, 0.1) is 0 Å². The van der Waals surface area contributed by atoms with Crippen molar-refractivity contribution in [2.24, 2.45) is 0 Å². The Morgan fingerprint density at radius 1 is 1.44 bits per heavy atom. The van der Waals surface area contributed by atoms with Gasteiger partial charge in [-0.15, -0.1) is 0 Å². The van der Waals surface area contributed by atoms with Crippen molar-refractivity contribution in [2.75, 3.05) is 32.5 Å². The van der Waals surface area contributed by atoms with Crippen LogP contribution in [-0.2, 0) is 4.79 Å². The molecule has 0 aliphatic carbocycles. The Bertz CT molecular complexity index is 389. The number of carbonyl (C=O) groups is 2. The van der Waals surface area contributed by atoms with Crippen LogP contribution in [-0.4, -0.2) is 54.1 Å². The summed E-state index contributed by atoms with van der Waals surface area (Å²) >= 11 is 0. The maximum Gasteiger partial charge on any atom is 0.319 e. The molecular weight excluding hydrogens is 236 g/mol. The number of aromatic nitrogens is 1. The summed E-state index contributed by atoms with van der Waals surface area (Å²) in [5.41, 5.74) is 0. The van der Waals surface area contributed by atoms with Gasteiger partial charge in [-0.1, -0.05) is 12.1 Å². The van der Waals surface area contributed by atoms with Crippen molar-refractivity contribution in [3.63, 3.8) is 0 Å². The minimum Gasteiger partial charge on any atom is -0.363 e. The fourth-order valence-electron chi connectivity index (χ4n) is 1.43. The quantitative estimate of drug-likeness (QED) is 0.850. The summed E-state index contributed by atoms with van der Waals surface area (Å²) in [6.45, 7) is 2.48. The van der Waals surface area contributed by atoms with Crippen molar-refractivity contribution >= 4 is 17.8 Å². The van der Waals surface area contributed by atoms with Crippen LogP contribution < -0.4 is 5.32 Å². The summed E-state index contributed by atoms with van der Waals surface area (Å²) in [5.74, 6) is 0.0429. The lowest BCUT2D eigenvalue weighted by Crippen LogP contribution is -2.43. The van der Waals surface area contributed by atoms with Crippen LogP contribution in [0.15, 0.2) is 16.9 Å². The Balaban J connectivity index is 2.55. The van der Waals surface area contributed by atoms with Crippen molar-refractivity contribution in [1.29, 1.82) is 0 Å². The first kappa shape index (κ1) is 14.0. The van der Waals surface area contributed by atoms with E-state index in [2.05, 4.69) is 15.0 Å². The molecule has 0 fully saturated rings. The van der Waals surface area contributed by atoms with Crippen LogP contribution in [0.25, 0.3) is 0 Å². The lowest BCUT2D eigenvalue weighted by molar-refractivity contribution is -0.116. The molecule has 18 heavy (non-hydrogen) atoms. The van der Waals surface area contributed by atoms with E-state index in [9.17, 15) is 9.59 Å². The first-order valence-electron chi connectivity index (χ1n) is 5.71. The van der Waals surface area contributed by atoms with Crippen LogP contribution in [0.1, 0.15) is 13.3 Å². The van der Waals surface area contributed by atoms with Gasteiger partial charge in [0.2, 0.25) is 5.91 Å². The van der Waals surface area contributed by atoms with Gasteiger partial charge in [-0.3, -0.25) is 4.79 Å². The molecule has 0 unspecified atom stereocenters. The Hall–Kier alpha value is -2.05. The van der Waals surface area contributed by atoms with Gasteiger partial charge in [0, 0.05) is 26.7 Å². The molecule has 0 saturated carbocycles. The highest BCUT2D eigenvalue weighted by Gasteiger charge is 2.18. The SMILES string of the molecule is CCCN(CC(=O)Nc1ccon1)C(=O)N(C)C. The number of urea groups is 1. The molecule has 0 aromatic carbocycles. The molecule has 7 heteroatoms. The van der Waals surface area contributed by atoms with Gasteiger partial charge >= 0.3 is 6.03 Å². The second-order valence-electron chi connectivity index (χ2n) is 4.03. The Morgan fingerprint density at radius 2 is 2.17 bits per heavy atom. The number of rotatable bonds is 5. The van der Waals surface area contributed by atoms with Gasteiger partial charge in [0.25, 0.3) is 0 Å². The van der Waals surface area contributed by atoms with Crippen LogP contribution in [0, 0.1) is 0 Å². The highest BCUT2D eigenvalue weighted by atomic mass is 16.5. The van der Waals surface area contributed by atoms with E-state index in [1.165, 1.54) is 22.1 Å².